The molecule has 6 nitrogen and oxygen atoms in total. The van der Waals surface area contributed by atoms with Crippen LogP contribution >= 0.6 is 24.0 Å². The second-order valence-corrected chi connectivity index (χ2v) is 11.0. The van der Waals surface area contributed by atoms with Crippen molar-refractivity contribution in [2.24, 2.45) is 5.92 Å². The van der Waals surface area contributed by atoms with Crippen molar-refractivity contribution < 1.29 is 4.79 Å². The molecule has 0 N–H and O–H groups in total. The first-order valence-corrected chi connectivity index (χ1v) is 13.8. The molecule has 3 heterocycles. The van der Waals surface area contributed by atoms with Gasteiger partial charge in [-0.3, -0.25) is 19.1 Å². The Labute approximate surface area is 222 Å². The van der Waals surface area contributed by atoms with Crippen molar-refractivity contribution in [1.82, 2.24) is 9.47 Å². The molecule has 2 aliphatic heterocycles. The molecule has 0 aliphatic carbocycles. The van der Waals surface area contributed by atoms with Crippen LogP contribution in [0.25, 0.3) is 6.08 Å². The lowest BCUT2D eigenvalue weighted by atomic mass is 9.90. The third-order valence-corrected chi connectivity index (χ3v) is 8.42. The molecule has 2 fully saturated rings. The van der Waals surface area contributed by atoms with E-state index in [1.54, 1.807) is 9.47 Å². The molecule has 36 heavy (non-hydrogen) atoms. The van der Waals surface area contributed by atoms with E-state index in [2.05, 4.69) is 35.2 Å². The van der Waals surface area contributed by atoms with Crippen LogP contribution in [0.3, 0.4) is 0 Å². The number of piperidine rings is 1. The smallest absolute Gasteiger partial charge is 0.270 e. The van der Waals surface area contributed by atoms with E-state index in [4.69, 9.17) is 12.2 Å². The number of hydrogen-bond acceptors (Lipinski definition) is 6. The van der Waals surface area contributed by atoms with Gasteiger partial charge in [0.2, 0.25) is 0 Å². The number of benzene rings is 1. The average Bonchev–Trinajstić information content (AvgIpc) is 3.15. The SMILES string of the molecule is CCCn1c(N2CCC(Cc3ccccc3)CC2)c(/C=C2\SC(=S)N(CC)C2=O)c(C)c(C#N)c1=O. The number of nitrogens with zero attached hydrogens (tertiary/aromatic N) is 4. The predicted molar refractivity (Wildman–Crippen MR) is 151 cm³/mol. The molecule has 0 unspecified atom stereocenters. The zero-order chi connectivity index (χ0) is 25.8. The summed E-state index contributed by atoms with van der Waals surface area (Å²) in [5.74, 6) is 1.28. The van der Waals surface area contributed by atoms with E-state index in [0.29, 0.717) is 33.8 Å². The third kappa shape index (κ3) is 5.14. The van der Waals surface area contributed by atoms with E-state index >= 15 is 0 Å². The van der Waals surface area contributed by atoms with E-state index in [-0.39, 0.29) is 17.0 Å². The average molecular weight is 521 g/mol. The monoisotopic (exact) mass is 520 g/mol. The number of rotatable bonds is 7. The lowest BCUT2D eigenvalue weighted by molar-refractivity contribution is -0.121. The first-order valence-electron chi connectivity index (χ1n) is 12.6. The minimum Gasteiger partial charge on any atom is -0.357 e. The Kier molecular flexibility index (Phi) is 8.32. The number of aromatic nitrogens is 1. The molecule has 0 bridgehead atoms. The Bertz CT molecular complexity index is 1290. The number of amides is 1. The molecule has 2 aliphatic rings. The summed E-state index contributed by atoms with van der Waals surface area (Å²) >= 11 is 6.70. The molecule has 0 atom stereocenters. The Morgan fingerprint density at radius 1 is 1.17 bits per heavy atom. The molecule has 188 valence electrons. The van der Waals surface area contributed by atoms with Crippen molar-refractivity contribution in [2.45, 2.75) is 53.0 Å². The number of anilines is 1. The van der Waals surface area contributed by atoms with Crippen LogP contribution in [0.4, 0.5) is 5.82 Å². The maximum absolute atomic E-state index is 13.4. The van der Waals surface area contributed by atoms with Crippen LogP contribution in [-0.2, 0) is 17.8 Å². The topological polar surface area (TPSA) is 69.3 Å². The van der Waals surface area contributed by atoms with Gasteiger partial charge in [0.15, 0.2) is 0 Å². The standard InChI is InChI=1S/C28H32N4O2S2/c1-4-13-32-25(30-14-11-21(12-15-30)16-20-9-7-6-8-10-20)22(19(3)23(18-29)26(32)33)17-24-27(34)31(5-2)28(35)36-24/h6-10,17,21H,4-5,11-16H2,1-3H3/b24-17-. The molecule has 1 aromatic heterocycles. The summed E-state index contributed by atoms with van der Waals surface area (Å²) in [6.45, 7) is 8.42. The van der Waals surface area contributed by atoms with E-state index in [1.165, 1.54) is 17.3 Å². The molecule has 4 rings (SSSR count). The van der Waals surface area contributed by atoms with Crippen LogP contribution in [-0.4, -0.2) is 39.3 Å². The van der Waals surface area contributed by atoms with E-state index in [9.17, 15) is 14.9 Å². The molecule has 0 saturated carbocycles. The maximum atomic E-state index is 13.4. The molecule has 0 radical (unpaired) electrons. The van der Waals surface area contributed by atoms with Gasteiger partial charge in [0, 0.05) is 31.7 Å². The minimum atomic E-state index is -0.253. The number of carbonyl (C=O) groups is 1. The third-order valence-electron chi connectivity index (χ3n) is 7.04. The number of carbonyl (C=O) groups excluding carboxylic acids is 1. The lowest BCUT2D eigenvalue weighted by Crippen LogP contribution is -2.40. The fraction of sp³-hybridized carbons (Fsp3) is 0.429. The summed E-state index contributed by atoms with van der Waals surface area (Å²) in [5.41, 5.74) is 2.64. The summed E-state index contributed by atoms with van der Waals surface area (Å²) in [5, 5.41) is 9.83. The molecule has 2 aromatic rings. The second-order valence-electron chi connectivity index (χ2n) is 9.35. The van der Waals surface area contributed by atoms with Gasteiger partial charge < -0.3 is 4.90 Å². The summed E-state index contributed by atoms with van der Waals surface area (Å²) in [4.78, 5) is 30.8. The van der Waals surface area contributed by atoms with E-state index in [0.717, 1.165) is 50.2 Å². The number of thiocarbonyl (C=S) groups is 1. The van der Waals surface area contributed by atoms with Gasteiger partial charge in [-0.05, 0) is 62.7 Å². The largest absolute Gasteiger partial charge is 0.357 e. The normalized spacial score (nSPS) is 17.8. The lowest BCUT2D eigenvalue weighted by Gasteiger charge is -2.36. The van der Waals surface area contributed by atoms with Gasteiger partial charge in [0.25, 0.3) is 11.5 Å². The Morgan fingerprint density at radius 2 is 1.86 bits per heavy atom. The maximum Gasteiger partial charge on any atom is 0.270 e. The highest BCUT2D eigenvalue weighted by Gasteiger charge is 2.33. The van der Waals surface area contributed by atoms with Crippen LogP contribution < -0.4 is 10.5 Å². The zero-order valence-electron chi connectivity index (χ0n) is 21.1. The highest BCUT2D eigenvalue weighted by Crippen LogP contribution is 2.37. The van der Waals surface area contributed by atoms with Gasteiger partial charge in [0.1, 0.15) is 21.8 Å². The molecular weight excluding hydrogens is 488 g/mol. The van der Waals surface area contributed by atoms with Crippen LogP contribution in [0.15, 0.2) is 40.0 Å². The van der Waals surface area contributed by atoms with Gasteiger partial charge in [-0.15, -0.1) is 0 Å². The van der Waals surface area contributed by atoms with Crippen LogP contribution in [0.1, 0.15) is 55.4 Å². The molecule has 1 amide bonds. The molecule has 1 aromatic carbocycles. The van der Waals surface area contributed by atoms with E-state index < -0.39 is 0 Å². The molecule has 0 spiro atoms. The summed E-state index contributed by atoms with van der Waals surface area (Å²) in [6, 6.07) is 12.7. The summed E-state index contributed by atoms with van der Waals surface area (Å²) < 4.78 is 2.28. The molecule has 8 heteroatoms. The predicted octanol–water partition coefficient (Wildman–Crippen LogP) is 5.12. The first-order chi connectivity index (χ1) is 17.4. The highest BCUT2D eigenvalue weighted by molar-refractivity contribution is 8.26. The number of likely N-dealkylation sites (N-methyl/N-ethyl adjacent to an activating group) is 1. The van der Waals surface area contributed by atoms with E-state index in [1.807, 2.05) is 32.9 Å². The van der Waals surface area contributed by atoms with Gasteiger partial charge in [0.05, 0.1) is 4.91 Å². The van der Waals surface area contributed by atoms with Crippen molar-refractivity contribution in [2.75, 3.05) is 24.5 Å². The minimum absolute atomic E-state index is 0.119. The van der Waals surface area contributed by atoms with Crippen molar-refractivity contribution >= 4 is 46.1 Å². The Morgan fingerprint density at radius 3 is 2.44 bits per heavy atom. The fourth-order valence-corrected chi connectivity index (χ4v) is 6.48. The van der Waals surface area contributed by atoms with Crippen molar-refractivity contribution in [1.29, 1.82) is 5.26 Å². The van der Waals surface area contributed by atoms with Gasteiger partial charge in [-0.25, -0.2) is 0 Å². The number of pyridine rings is 1. The van der Waals surface area contributed by atoms with Crippen LogP contribution in [0.5, 0.6) is 0 Å². The molecular formula is C28H32N4O2S2. The van der Waals surface area contributed by atoms with Crippen molar-refractivity contribution in [3.8, 4) is 6.07 Å². The van der Waals surface area contributed by atoms with Crippen LogP contribution in [0, 0.1) is 24.2 Å². The Hall–Kier alpha value is -2.89. The quantitative estimate of drug-likeness (QED) is 0.373. The van der Waals surface area contributed by atoms with Crippen molar-refractivity contribution in [3.63, 3.8) is 0 Å². The van der Waals surface area contributed by atoms with Crippen LogP contribution in [0.2, 0.25) is 0 Å². The van der Waals surface area contributed by atoms with Gasteiger partial charge >= 0.3 is 0 Å². The second kappa shape index (κ2) is 11.4. The van der Waals surface area contributed by atoms with Gasteiger partial charge in [-0.2, -0.15) is 5.26 Å². The number of hydrogen-bond donors (Lipinski definition) is 0. The number of thioether (sulfide) groups is 1. The zero-order valence-corrected chi connectivity index (χ0v) is 22.8. The molecule has 2 saturated heterocycles. The van der Waals surface area contributed by atoms with Crippen molar-refractivity contribution in [3.05, 3.63) is 67.8 Å². The summed E-state index contributed by atoms with van der Waals surface area (Å²) in [6.07, 6.45) is 5.71. The van der Waals surface area contributed by atoms with Gasteiger partial charge in [-0.1, -0.05) is 61.2 Å². The highest BCUT2D eigenvalue weighted by atomic mass is 32.2. The number of nitriles is 1. The fourth-order valence-electron chi connectivity index (χ4n) is 5.12. The summed E-state index contributed by atoms with van der Waals surface area (Å²) in [7, 11) is 0. The Balaban J connectivity index is 1.74. The first kappa shape index (κ1) is 26.2.